The maximum atomic E-state index is 13.9. The van der Waals surface area contributed by atoms with Gasteiger partial charge in [-0.15, -0.1) is 0 Å². The molecule has 2 aromatic carbocycles. The first-order valence-corrected chi connectivity index (χ1v) is 19.7. The Hall–Kier alpha value is -6.64. The third kappa shape index (κ3) is 8.54. The summed E-state index contributed by atoms with van der Waals surface area (Å²) in [6, 6.07) is 9.33. The number of hydrogen-bond acceptors (Lipinski definition) is 11. The number of carbonyl (C=O) groups is 4. The van der Waals surface area contributed by atoms with Gasteiger partial charge in [0.05, 0.1) is 61.4 Å². The van der Waals surface area contributed by atoms with Gasteiger partial charge in [0.15, 0.2) is 5.78 Å². The fourth-order valence-corrected chi connectivity index (χ4v) is 7.32. The van der Waals surface area contributed by atoms with Crippen molar-refractivity contribution >= 4 is 45.6 Å². The zero-order chi connectivity index (χ0) is 44.4. The van der Waals surface area contributed by atoms with E-state index >= 15 is 0 Å². The normalized spacial score (nSPS) is 13.4. The van der Waals surface area contributed by atoms with Crippen LogP contribution in [0.1, 0.15) is 80.3 Å². The number of carbonyl (C=O) groups excluding carboxylic acids is 4. The van der Waals surface area contributed by atoms with Crippen LogP contribution >= 0.6 is 0 Å². The number of amides is 3. The number of benzene rings is 2. The van der Waals surface area contributed by atoms with Crippen molar-refractivity contribution in [2.45, 2.75) is 79.4 Å². The van der Waals surface area contributed by atoms with E-state index in [9.17, 15) is 34.5 Å². The van der Waals surface area contributed by atoms with E-state index in [-0.39, 0.29) is 78.2 Å². The second kappa shape index (κ2) is 17.9. The monoisotopic (exact) mass is 841 g/mol. The van der Waals surface area contributed by atoms with Crippen molar-refractivity contribution in [3.63, 3.8) is 0 Å². The molecule has 0 fully saturated rings. The van der Waals surface area contributed by atoms with E-state index < -0.39 is 29.9 Å². The van der Waals surface area contributed by atoms with Crippen molar-refractivity contribution in [3.8, 4) is 11.5 Å². The number of aliphatic hydroxyl groups is 3. The number of aliphatic hydroxyl groups excluding tert-OH is 3. The van der Waals surface area contributed by atoms with Crippen LogP contribution in [0.2, 0.25) is 0 Å². The summed E-state index contributed by atoms with van der Waals surface area (Å²) in [7, 11) is 4.69. The van der Waals surface area contributed by atoms with Gasteiger partial charge in [-0.05, 0) is 71.0 Å². The van der Waals surface area contributed by atoms with Crippen LogP contribution < -0.4 is 26.4 Å². The Balaban J connectivity index is 1.53. The van der Waals surface area contributed by atoms with Crippen LogP contribution in [0.5, 0.6) is 11.5 Å². The van der Waals surface area contributed by atoms with Crippen molar-refractivity contribution in [3.05, 3.63) is 81.5 Å². The summed E-state index contributed by atoms with van der Waals surface area (Å²) in [5.74, 6) is -1.84. The number of aryl methyl sites for hydroxylation is 6. The lowest BCUT2D eigenvalue weighted by atomic mass is 10.1. The molecule has 0 radical (unpaired) electrons. The molecule has 0 aliphatic heterocycles. The van der Waals surface area contributed by atoms with Gasteiger partial charge in [0.1, 0.15) is 33.9 Å². The van der Waals surface area contributed by atoms with Gasteiger partial charge in [-0.3, -0.25) is 28.5 Å². The largest absolute Gasteiger partial charge is 0.494 e. The molecular weight excluding hydrogens is 791 g/mol. The van der Waals surface area contributed by atoms with Crippen molar-refractivity contribution in [2.75, 3.05) is 20.3 Å². The number of nitrogens with zero attached hydrogens (tertiary/aromatic N) is 10. The number of fused-ring (bicyclic) bond motifs is 2. The summed E-state index contributed by atoms with van der Waals surface area (Å²) in [4.78, 5) is 61.7. The highest BCUT2D eigenvalue weighted by Gasteiger charge is 2.27. The summed E-state index contributed by atoms with van der Waals surface area (Å²) in [5.41, 5.74) is 9.43. The predicted molar refractivity (Wildman–Crippen MR) is 221 cm³/mol. The molecule has 4 aromatic heterocycles. The number of ether oxygens (including phenoxy) is 2. The molecule has 20 heteroatoms. The molecule has 5 N–H and O–H groups in total. The summed E-state index contributed by atoms with van der Waals surface area (Å²) in [5, 5.41) is 42.2. The quantitative estimate of drug-likeness (QED) is 0.0798. The average Bonchev–Trinajstić information content (AvgIpc) is 3.95. The Morgan fingerprint density at radius 1 is 0.754 bits per heavy atom. The Labute approximate surface area is 349 Å². The lowest BCUT2D eigenvalue weighted by Crippen LogP contribution is -2.40. The molecule has 0 aliphatic carbocycles. The SMILES string of the molecule is CCn1nc(C)cc1C(=O)N=c1n(C)c2cc(C(C)=O)cc(OC)c2n1C[C@H](O)[C@@H](O)Cn1c(=NC(=O)c2cc(C)nn2CC)n(C)c2cc(C(N)=O)cc(OCCCO)c21. The van der Waals surface area contributed by atoms with Gasteiger partial charge in [-0.1, -0.05) is 0 Å². The standard InChI is InChI=1S/C41H51N11O9/c1-9-51-29(14-22(3)45-51)38(58)43-40-47(6)27-16-25(24(5)54)18-33(60-8)35(27)49(40)20-31(55)32(56)21-50-36-28(17-26(37(42)57)19-34(36)61-13-11-12-53)48(7)41(50)44-39(59)30-15-23(4)46-52(30)10-2/h14-19,31-32,53,55-56H,9-13,20-21H2,1-8H3,(H2,42,57)/t31-,32-/m0/s1. The number of methoxy groups -OCH3 is 1. The number of imidazole rings is 2. The molecule has 4 heterocycles. The maximum Gasteiger partial charge on any atom is 0.298 e. The van der Waals surface area contributed by atoms with Crippen LogP contribution in [0.25, 0.3) is 22.1 Å². The highest BCUT2D eigenvalue weighted by molar-refractivity contribution is 6.00. The van der Waals surface area contributed by atoms with Crippen LogP contribution in [0.15, 0.2) is 46.4 Å². The van der Waals surface area contributed by atoms with Crippen LogP contribution in [0.4, 0.5) is 0 Å². The summed E-state index contributed by atoms with van der Waals surface area (Å²) in [6.45, 7) is 8.56. The van der Waals surface area contributed by atoms with Crippen LogP contribution in [0.3, 0.4) is 0 Å². The molecule has 0 saturated heterocycles. The fraction of sp³-hybridized carbons (Fsp3) is 0.415. The fourth-order valence-electron chi connectivity index (χ4n) is 7.32. The van der Waals surface area contributed by atoms with Crippen molar-refractivity contribution in [2.24, 2.45) is 29.8 Å². The van der Waals surface area contributed by atoms with Crippen molar-refractivity contribution in [1.82, 2.24) is 37.8 Å². The molecule has 61 heavy (non-hydrogen) atoms. The molecule has 0 bridgehead atoms. The molecule has 20 nitrogen and oxygen atoms in total. The number of Topliss-reactive ketones (excluding diaryl/α,β-unsaturated/α-hetero) is 1. The van der Waals surface area contributed by atoms with Gasteiger partial charge in [-0.2, -0.15) is 20.2 Å². The Bertz CT molecular complexity index is 2830. The Kier molecular flexibility index (Phi) is 12.9. The number of ketones is 1. The molecule has 3 amide bonds. The minimum atomic E-state index is -1.60. The summed E-state index contributed by atoms with van der Waals surface area (Å²) >= 11 is 0. The molecular formula is C41H51N11O9. The number of nitrogens with two attached hydrogens (primary N) is 1. The minimum absolute atomic E-state index is 0.0294. The Morgan fingerprint density at radius 2 is 1.21 bits per heavy atom. The van der Waals surface area contributed by atoms with Gasteiger partial charge in [0, 0.05) is 51.3 Å². The first-order chi connectivity index (χ1) is 29.0. The van der Waals surface area contributed by atoms with E-state index in [0.717, 1.165) is 0 Å². The number of rotatable bonds is 16. The number of hydrogen-bond donors (Lipinski definition) is 4. The first kappa shape index (κ1) is 43.9. The van der Waals surface area contributed by atoms with Gasteiger partial charge in [0.2, 0.25) is 17.1 Å². The lowest BCUT2D eigenvalue weighted by Gasteiger charge is -2.21. The first-order valence-electron chi connectivity index (χ1n) is 19.7. The summed E-state index contributed by atoms with van der Waals surface area (Å²) in [6.07, 6.45) is -2.93. The zero-order valence-corrected chi connectivity index (χ0v) is 35.4. The van der Waals surface area contributed by atoms with Gasteiger partial charge in [-0.25, -0.2) is 0 Å². The number of aromatic nitrogens is 8. The number of primary amides is 1. The maximum absolute atomic E-state index is 13.9. The van der Waals surface area contributed by atoms with Crippen molar-refractivity contribution < 1.29 is 44.0 Å². The average molecular weight is 842 g/mol. The molecule has 0 spiro atoms. The van der Waals surface area contributed by atoms with Crippen LogP contribution in [-0.4, -0.2) is 109 Å². The molecule has 324 valence electrons. The van der Waals surface area contributed by atoms with Crippen LogP contribution in [0, 0.1) is 13.8 Å². The third-order valence-electron chi connectivity index (χ3n) is 10.4. The van der Waals surface area contributed by atoms with E-state index in [1.807, 2.05) is 13.8 Å². The molecule has 6 rings (SSSR count). The predicted octanol–water partition coefficient (Wildman–Crippen LogP) is 1.30. The van der Waals surface area contributed by atoms with E-state index in [0.29, 0.717) is 52.1 Å². The van der Waals surface area contributed by atoms with E-state index in [1.54, 1.807) is 61.3 Å². The van der Waals surface area contributed by atoms with Gasteiger partial charge in [0.25, 0.3) is 11.8 Å². The smallest absolute Gasteiger partial charge is 0.298 e. The molecule has 0 saturated carbocycles. The van der Waals surface area contributed by atoms with Crippen LogP contribution in [-0.2, 0) is 40.3 Å². The van der Waals surface area contributed by atoms with Crippen molar-refractivity contribution in [1.29, 1.82) is 0 Å². The second-order valence-electron chi connectivity index (χ2n) is 14.6. The highest BCUT2D eigenvalue weighted by atomic mass is 16.5. The molecule has 0 unspecified atom stereocenters. The molecule has 6 aromatic rings. The zero-order valence-electron chi connectivity index (χ0n) is 35.4. The van der Waals surface area contributed by atoms with E-state index in [4.69, 9.17) is 15.2 Å². The lowest BCUT2D eigenvalue weighted by molar-refractivity contribution is -0.000241. The molecule has 0 aliphatic rings. The molecule has 2 atom stereocenters. The highest BCUT2D eigenvalue weighted by Crippen LogP contribution is 2.30. The summed E-state index contributed by atoms with van der Waals surface area (Å²) < 4.78 is 21.0. The second-order valence-corrected chi connectivity index (χ2v) is 14.6. The minimum Gasteiger partial charge on any atom is -0.494 e. The van der Waals surface area contributed by atoms with Gasteiger partial charge < -0.3 is 48.8 Å². The Morgan fingerprint density at radius 3 is 1.64 bits per heavy atom. The van der Waals surface area contributed by atoms with Gasteiger partial charge >= 0.3 is 0 Å². The third-order valence-corrected chi connectivity index (χ3v) is 10.4. The van der Waals surface area contributed by atoms with E-state index in [2.05, 4.69) is 20.2 Å². The van der Waals surface area contributed by atoms with E-state index in [1.165, 1.54) is 44.7 Å². The topological polar surface area (TPSA) is 254 Å².